The molecule has 0 N–H and O–H groups in total. The summed E-state index contributed by atoms with van der Waals surface area (Å²) < 4.78 is 5.01. The van der Waals surface area contributed by atoms with E-state index in [0.29, 0.717) is 6.61 Å². The van der Waals surface area contributed by atoms with Gasteiger partial charge >= 0.3 is 5.97 Å². The summed E-state index contributed by atoms with van der Waals surface area (Å²) in [4.78, 5) is 13.6. The molecule has 1 atom stereocenters. The standard InChI is InChI=1S/C16H17NO2/c1-17(15-8-9-19-16(15)18)11-12-6-7-13-4-2-3-5-14(13)10-12/h2-7,10,15H,8-9,11H2,1H3/t15-/m1/s1. The van der Waals surface area contributed by atoms with Gasteiger partial charge in [-0.3, -0.25) is 9.69 Å². The van der Waals surface area contributed by atoms with E-state index in [1.165, 1.54) is 16.3 Å². The van der Waals surface area contributed by atoms with Crippen LogP contribution in [0.25, 0.3) is 10.8 Å². The number of rotatable bonds is 3. The molecule has 0 bridgehead atoms. The number of likely N-dealkylation sites (N-methyl/N-ethyl adjacent to an activating group) is 1. The third-order valence-corrected chi connectivity index (χ3v) is 3.69. The molecule has 0 aliphatic carbocycles. The number of cyclic esters (lactones) is 1. The summed E-state index contributed by atoms with van der Waals surface area (Å²) >= 11 is 0. The van der Waals surface area contributed by atoms with Gasteiger partial charge in [-0.2, -0.15) is 0 Å². The highest BCUT2D eigenvalue weighted by Gasteiger charge is 2.29. The minimum Gasteiger partial charge on any atom is -0.464 e. The molecule has 19 heavy (non-hydrogen) atoms. The molecule has 2 aromatic rings. The second-order valence-corrected chi connectivity index (χ2v) is 5.07. The van der Waals surface area contributed by atoms with Gasteiger partial charge in [0.2, 0.25) is 0 Å². The van der Waals surface area contributed by atoms with E-state index in [0.717, 1.165) is 13.0 Å². The summed E-state index contributed by atoms with van der Waals surface area (Å²) in [5, 5.41) is 2.48. The predicted molar refractivity (Wildman–Crippen MR) is 74.8 cm³/mol. The number of esters is 1. The van der Waals surface area contributed by atoms with Crippen molar-refractivity contribution in [2.75, 3.05) is 13.7 Å². The summed E-state index contributed by atoms with van der Waals surface area (Å²) in [6.45, 7) is 1.32. The van der Waals surface area contributed by atoms with Gasteiger partial charge in [-0.25, -0.2) is 0 Å². The lowest BCUT2D eigenvalue weighted by atomic mass is 10.1. The molecule has 3 rings (SSSR count). The largest absolute Gasteiger partial charge is 0.464 e. The summed E-state index contributed by atoms with van der Waals surface area (Å²) in [7, 11) is 1.98. The first-order chi connectivity index (χ1) is 9.24. The number of carbonyl (C=O) groups excluding carboxylic acids is 1. The molecule has 2 aromatic carbocycles. The molecule has 0 saturated carbocycles. The van der Waals surface area contributed by atoms with Crippen molar-refractivity contribution < 1.29 is 9.53 Å². The second kappa shape index (κ2) is 5.02. The van der Waals surface area contributed by atoms with Crippen molar-refractivity contribution in [1.82, 2.24) is 4.90 Å². The van der Waals surface area contributed by atoms with Crippen LogP contribution in [0.3, 0.4) is 0 Å². The van der Waals surface area contributed by atoms with Crippen LogP contribution in [0.2, 0.25) is 0 Å². The van der Waals surface area contributed by atoms with Crippen molar-refractivity contribution >= 4 is 16.7 Å². The Bertz CT molecular complexity index is 608. The number of ether oxygens (including phenoxy) is 1. The Kier molecular flexibility index (Phi) is 3.22. The first-order valence-corrected chi connectivity index (χ1v) is 6.58. The Morgan fingerprint density at radius 3 is 2.74 bits per heavy atom. The SMILES string of the molecule is CN(Cc1ccc2ccccc2c1)[C@@H]1CCOC1=O. The van der Waals surface area contributed by atoms with Crippen LogP contribution in [-0.2, 0) is 16.1 Å². The lowest BCUT2D eigenvalue weighted by Crippen LogP contribution is -2.34. The summed E-state index contributed by atoms with van der Waals surface area (Å²) in [6.07, 6.45) is 0.795. The summed E-state index contributed by atoms with van der Waals surface area (Å²) in [6, 6.07) is 14.7. The minimum atomic E-state index is -0.0942. The van der Waals surface area contributed by atoms with Gasteiger partial charge in [0.1, 0.15) is 6.04 Å². The van der Waals surface area contributed by atoms with E-state index in [1.54, 1.807) is 0 Å². The monoisotopic (exact) mass is 255 g/mol. The molecular formula is C16H17NO2. The first-order valence-electron chi connectivity index (χ1n) is 6.58. The number of hydrogen-bond donors (Lipinski definition) is 0. The zero-order valence-corrected chi connectivity index (χ0v) is 11.0. The van der Waals surface area contributed by atoms with Crippen molar-refractivity contribution in [3.05, 3.63) is 48.0 Å². The van der Waals surface area contributed by atoms with Gasteiger partial charge in [-0.15, -0.1) is 0 Å². The van der Waals surface area contributed by atoms with Crippen molar-refractivity contribution in [1.29, 1.82) is 0 Å². The maximum Gasteiger partial charge on any atom is 0.323 e. The van der Waals surface area contributed by atoms with Gasteiger partial charge in [0.25, 0.3) is 0 Å². The lowest BCUT2D eigenvalue weighted by molar-refractivity contribution is -0.142. The highest BCUT2D eigenvalue weighted by molar-refractivity contribution is 5.83. The lowest BCUT2D eigenvalue weighted by Gasteiger charge is -2.21. The van der Waals surface area contributed by atoms with E-state index < -0.39 is 0 Å². The van der Waals surface area contributed by atoms with E-state index >= 15 is 0 Å². The molecule has 1 aliphatic rings. The molecule has 0 aromatic heterocycles. The zero-order valence-electron chi connectivity index (χ0n) is 11.0. The van der Waals surface area contributed by atoms with E-state index in [4.69, 9.17) is 4.74 Å². The fourth-order valence-electron chi connectivity index (χ4n) is 2.62. The number of benzene rings is 2. The molecule has 0 spiro atoms. The van der Waals surface area contributed by atoms with Crippen LogP contribution in [0.15, 0.2) is 42.5 Å². The van der Waals surface area contributed by atoms with Crippen LogP contribution in [0.5, 0.6) is 0 Å². The maximum absolute atomic E-state index is 11.6. The molecule has 0 amide bonds. The van der Waals surface area contributed by atoms with E-state index in [1.807, 2.05) is 19.2 Å². The molecule has 1 heterocycles. The zero-order chi connectivity index (χ0) is 13.2. The number of fused-ring (bicyclic) bond motifs is 1. The van der Waals surface area contributed by atoms with Crippen LogP contribution in [-0.4, -0.2) is 30.6 Å². The Labute approximate surface area is 112 Å². The van der Waals surface area contributed by atoms with E-state index in [2.05, 4.69) is 35.2 Å². The van der Waals surface area contributed by atoms with Crippen LogP contribution in [0.1, 0.15) is 12.0 Å². The van der Waals surface area contributed by atoms with E-state index in [-0.39, 0.29) is 12.0 Å². The molecule has 3 heteroatoms. The molecule has 1 aliphatic heterocycles. The highest BCUT2D eigenvalue weighted by Crippen LogP contribution is 2.19. The average Bonchev–Trinajstić information content (AvgIpc) is 2.85. The normalized spacial score (nSPS) is 19.1. The van der Waals surface area contributed by atoms with Gasteiger partial charge in [-0.1, -0.05) is 36.4 Å². The molecule has 1 saturated heterocycles. The van der Waals surface area contributed by atoms with Gasteiger partial charge in [0.15, 0.2) is 0 Å². The smallest absolute Gasteiger partial charge is 0.323 e. The first kappa shape index (κ1) is 12.2. The van der Waals surface area contributed by atoms with Crippen LogP contribution < -0.4 is 0 Å². The van der Waals surface area contributed by atoms with E-state index in [9.17, 15) is 4.79 Å². The molecule has 1 fully saturated rings. The fraction of sp³-hybridized carbons (Fsp3) is 0.312. The van der Waals surface area contributed by atoms with Gasteiger partial charge in [0.05, 0.1) is 6.61 Å². The summed E-state index contributed by atoms with van der Waals surface area (Å²) in [5.41, 5.74) is 1.22. The molecule has 0 radical (unpaired) electrons. The second-order valence-electron chi connectivity index (χ2n) is 5.07. The minimum absolute atomic E-state index is 0.0912. The fourth-order valence-corrected chi connectivity index (χ4v) is 2.62. The predicted octanol–water partition coefficient (Wildman–Crippen LogP) is 2.59. The third-order valence-electron chi connectivity index (χ3n) is 3.69. The van der Waals surface area contributed by atoms with Crippen molar-refractivity contribution in [3.63, 3.8) is 0 Å². The van der Waals surface area contributed by atoms with Crippen LogP contribution >= 0.6 is 0 Å². The van der Waals surface area contributed by atoms with Gasteiger partial charge in [-0.05, 0) is 29.4 Å². The Balaban J connectivity index is 1.79. The topological polar surface area (TPSA) is 29.5 Å². The molecule has 3 nitrogen and oxygen atoms in total. The number of hydrogen-bond acceptors (Lipinski definition) is 3. The number of carbonyl (C=O) groups is 1. The Morgan fingerprint density at radius 2 is 2.00 bits per heavy atom. The van der Waals surface area contributed by atoms with Crippen molar-refractivity contribution in [2.24, 2.45) is 0 Å². The maximum atomic E-state index is 11.6. The van der Waals surface area contributed by atoms with Crippen molar-refractivity contribution in [3.8, 4) is 0 Å². The Hall–Kier alpha value is -1.87. The Morgan fingerprint density at radius 1 is 1.21 bits per heavy atom. The van der Waals surface area contributed by atoms with Crippen LogP contribution in [0, 0.1) is 0 Å². The summed E-state index contributed by atoms with van der Waals surface area (Å²) in [5.74, 6) is -0.0942. The van der Waals surface area contributed by atoms with Gasteiger partial charge in [0, 0.05) is 13.0 Å². The molecular weight excluding hydrogens is 238 g/mol. The third kappa shape index (κ3) is 2.47. The highest BCUT2D eigenvalue weighted by atomic mass is 16.5. The van der Waals surface area contributed by atoms with Gasteiger partial charge < -0.3 is 4.74 Å². The van der Waals surface area contributed by atoms with Crippen molar-refractivity contribution in [2.45, 2.75) is 19.0 Å². The average molecular weight is 255 g/mol. The van der Waals surface area contributed by atoms with Crippen LogP contribution in [0.4, 0.5) is 0 Å². The quantitative estimate of drug-likeness (QED) is 0.789. The molecule has 98 valence electrons. The molecule has 0 unspecified atom stereocenters. The number of nitrogens with zero attached hydrogens (tertiary/aromatic N) is 1.